The van der Waals surface area contributed by atoms with Crippen LogP contribution in [-0.2, 0) is 0 Å². The third kappa shape index (κ3) is 5.42. The van der Waals surface area contributed by atoms with Crippen molar-refractivity contribution < 1.29 is 4.42 Å². The van der Waals surface area contributed by atoms with Crippen molar-refractivity contribution in [2.24, 2.45) is 0 Å². The molecule has 0 fully saturated rings. The van der Waals surface area contributed by atoms with Gasteiger partial charge in [-0.3, -0.25) is 0 Å². The lowest BCUT2D eigenvalue weighted by Gasteiger charge is -2.43. The van der Waals surface area contributed by atoms with Gasteiger partial charge in [-0.25, -0.2) is 0 Å². The lowest BCUT2D eigenvalue weighted by molar-refractivity contribution is 0.669. The van der Waals surface area contributed by atoms with Gasteiger partial charge in [0.25, 0.3) is 13.4 Å². The Morgan fingerprint density at radius 1 is 0.301 bits per heavy atom. The predicted octanol–water partition coefficient (Wildman–Crippen LogP) is 14.2. The molecule has 9 heteroatoms. The van der Waals surface area contributed by atoms with E-state index in [1.807, 2.05) is 22.7 Å². The first kappa shape index (κ1) is 39.9. The first-order chi connectivity index (χ1) is 36.2. The van der Waals surface area contributed by atoms with Gasteiger partial charge in [0.1, 0.15) is 11.2 Å². The number of fused-ring (bicyclic) bond motifs is 15. The Morgan fingerprint density at radius 2 is 0.644 bits per heavy atom. The molecule has 0 radical (unpaired) electrons. The summed E-state index contributed by atoms with van der Waals surface area (Å²) in [5.41, 5.74) is 21.1. The van der Waals surface area contributed by atoms with Crippen LogP contribution in [0.4, 0.5) is 68.2 Å². The van der Waals surface area contributed by atoms with Gasteiger partial charge in [-0.15, -0.1) is 22.7 Å². The highest BCUT2D eigenvalue weighted by Crippen LogP contribution is 2.51. The van der Waals surface area contributed by atoms with Gasteiger partial charge < -0.3 is 24.0 Å². The zero-order chi connectivity index (χ0) is 47.5. The van der Waals surface area contributed by atoms with E-state index in [1.165, 1.54) is 85.7 Å². The minimum absolute atomic E-state index is 0.0214. The summed E-state index contributed by atoms with van der Waals surface area (Å²) in [6.45, 7) is -0.0427. The van der Waals surface area contributed by atoms with Crippen LogP contribution in [0.25, 0.3) is 42.1 Å². The molecule has 10 aromatic carbocycles. The number of hydrogen-bond acceptors (Lipinski definition) is 7. The van der Waals surface area contributed by atoms with Gasteiger partial charge in [0.2, 0.25) is 0 Å². The Bertz CT molecular complexity index is 4160. The van der Waals surface area contributed by atoms with Crippen LogP contribution in [0.1, 0.15) is 0 Å². The van der Waals surface area contributed by atoms with Crippen LogP contribution in [0.3, 0.4) is 0 Å². The number of furan rings is 1. The van der Waals surface area contributed by atoms with E-state index in [0.29, 0.717) is 0 Å². The maximum absolute atomic E-state index is 7.26. The van der Waals surface area contributed by atoms with Gasteiger partial charge in [-0.1, -0.05) is 133 Å². The summed E-state index contributed by atoms with van der Waals surface area (Å²) in [4.78, 5) is 9.99. The normalized spacial score (nSPS) is 13.9. The number of hydrogen-bond donors (Lipinski definition) is 0. The van der Waals surface area contributed by atoms with Crippen molar-refractivity contribution >= 4 is 178 Å². The molecule has 4 aliphatic rings. The second-order valence-electron chi connectivity index (χ2n) is 19.5. The highest BCUT2D eigenvalue weighted by Gasteiger charge is 2.48. The fraction of sp³-hybridized carbons (Fsp3) is 0. The predicted molar refractivity (Wildman–Crippen MR) is 313 cm³/mol. The summed E-state index contributed by atoms with van der Waals surface area (Å²) < 4.78 is 12.6. The lowest BCUT2D eigenvalue weighted by Crippen LogP contribution is -2.60. The van der Waals surface area contributed by atoms with Gasteiger partial charge in [-0.05, 0) is 107 Å². The number of nitrogens with zero attached hydrogens (tertiary/aromatic N) is 4. The molecule has 5 nitrogen and oxygen atoms in total. The molecule has 7 heterocycles. The molecule has 0 saturated heterocycles. The molecule has 17 rings (SSSR count). The molecule has 0 saturated carbocycles. The molecular weight excluding hydrogens is 926 g/mol. The van der Waals surface area contributed by atoms with Gasteiger partial charge in [-0.2, -0.15) is 0 Å². The van der Waals surface area contributed by atoms with Crippen molar-refractivity contribution in [3.63, 3.8) is 0 Å². The van der Waals surface area contributed by atoms with Crippen LogP contribution in [0.5, 0.6) is 0 Å². The van der Waals surface area contributed by atoms with Gasteiger partial charge in [0, 0.05) is 110 Å². The summed E-state index contributed by atoms with van der Waals surface area (Å²) in [5.74, 6) is 0. The van der Waals surface area contributed by atoms with E-state index in [9.17, 15) is 0 Å². The van der Waals surface area contributed by atoms with Gasteiger partial charge in [0.05, 0.1) is 11.4 Å². The van der Waals surface area contributed by atoms with Crippen LogP contribution < -0.4 is 51.0 Å². The Labute approximate surface area is 429 Å². The third-order valence-electron chi connectivity index (χ3n) is 15.8. The monoisotopic (exact) mass is 964 g/mol. The third-order valence-corrected chi connectivity index (χ3v) is 18.2. The van der Waals surface area contributed by atoms with E-state index < -0.39 is 0 Å². The maximum Gasteiger partial charge on any atom is 0.264 e. The van der Waals surface area contributed by atoms with Crippen molar-refractivity contribution in [2.45, 2.75) is 0 Å². The molecule has 0 N–H and O–H groups in total. The molecule has 0 unspecified atom stereocenters. The first-order valence-corrected chi connectivity index (χ1v) is 26.6. The second-order valence-corrected chi connectivity index (χ2v) is 21.7. The fourth-order valence-corrected chi connectivity index (χ4v) is 15.5. The average Bonchev–Trinajstić information content (AvgIpc) is 4.18. The molecule has 0 amide bonds. The van der Waals surface area contributed by atoms with Crippen molar-refractivity contribution in [1.29, 1.82) is 0 Å². The molecule has 13 aromatic rings. The molecule has 0 atom stereocenters. The van der Waals surface area contributed by atoms with Crippen molar-refractivity contribution in [1.82, 2.24) is 0 Å². The van der Waals surface area contributed by atoms with Crippen LogP contribution in [0, 0.1) is 0 Å². The highest BCUT2D eigenvalue weighted by molar-refractivity contribution is 7.34. The molecule has 3 aromatic heterocycles. The topological polar surface area (TPSA) is 26.1 Å². The summed E-state index contributed by atoms with van der Waals surface area (Å²) in [6.07, 6.45) is 0. The van der Waals surface area contributed by atoms with Crippen molar-refractivity contribution in [2.75, 3.05) is 19.6 Å². The SMILES string of the molecule is c1ccc(N2c3cc4oc5cc6c(cc5c4cc3B3c4sc5ccccc5c4N(c4ccccc4)c4cccc2c43)B2c3sc4ccccc4c3N(c3ccccc3)c3cccc(c32)N6c2ccccc2)cc1. The number of para-hydroxylation sites is 4. The molecule has 0 aliphatic carbocycles. The minimum Gasteiger partial charge on any atom is -0.456 e. The van der Waals surface area contributed by atoms with Crippen molar-refractivity contribution in [3.05, 3.63) is 231 Å². The van der Waals surface area contributed by atoms with Crippen molar-refractivity contribution in [3.8, 4) is 0 Å². The largest absolute Gasteiger partial charge is 0.456 e. The summed E-state index contributed by atoms with van der Waals surface area (Å²) >= 11 is 3.86. The zero-order valence-corrected chi connectivity index (χ0v) is 40.7. The van der Waals surface area contributed by atoms with E-state index in [2.05, 4.69) is 250 Å². The highest BCUT2D eigenvalue weighted by atomic mass is 32.1. The number of benzene rings is 10. The standard InChI is InChI=1S/C64H38B2N4OS2/c1-5-19-39(20-6-1)67-49-29-17-31-51-59(49)65(63-61(43-27-13-15-33-57(43)72-63)69(51)41-23-9-3-10-24-41)47-35-45-46-36-48-54(38-56(46)71-55(45)37-53(47)67)68(40-21-7-2-8-22-40)50-30-18-32-52-60(50)66(48)64-62(44-28-14-16-34-58(44)73-64)70(52)42-25-11-4-12-26-42/h1-38H. The number of thiophene rings is 2. The maximum atomic E-state index is 7.26. The molecule has 4 aliphatic heterocycles. The lowest BCUT2D eigenvalue weighted by atomic mass is 9.36. The number of anilines is 12. The zero-order valence-electron chi connectivity index (χ0n) is 39.1. The van der Waals surface area contributed by atoms with E-state index in [1.54, 1.807) is 0 Å². The smallest absolute Gasteiger partial charge is 0.264 e. The van der Waals surface area contributed by atoms with Crippen LogP contribution in [0.2, 0.25) is 0 Å². The number of rotatable bonds is 4. The Balaban J connectivity index is 0.960. The Kier molecular flexibility index (Phi) is 8.15. The molecule has 73 heavy (non-hydrogen) atoms. The molecule has 0 spiro atoms. The van der Waals surface area contributed by atoms with Crippen LogP contribution in [-0.4, -0.2) is 13.4 Å². The van der Waals surface area contributed by atoms with E-state index in [4.69, 9.17) is 4.42 Å². The second kappa shape index (κ2) is 14.9. The molecular formula is C64H38B2N4OS2. The quantitative estimate of drug-likeness (QED) is 0.164. The summed E-state index contributed by atoms with van der Waals surface area (Å²) in [7, 11) is 0. The fourth-order valence-electron chi connectivity index (χ4n) is 12.9. The summed E-state index contributed by atoms with van der Waals surface area (Å²) in [6, 6.07) is 84.9. The minimum atomic E-state index is -0.0214. The Hall–Kier alpha value is -8.75. The average molecular weight is 965 g/mol. The van der Waals surface area contributed by atoms with Crippen LogP contribution >= 0.6 is 22.7 Å². The molecule has 0 bridgehead atoms. The van der Waals surface area contributed by atoms with E-state index in [-0.39, 0.29) is 13.4 Å². The summed E-state index contributed by atoms with van der Waals surface area (Å²) in [5, 5.41) is 4.81. The van der Waals surface area contributed by atoms with Crippen LogP contribution in [0.15, 0.2) is 235 Å². The van der Waals surface area contributed by atoms with E-state index >= 15 is 0 Å². The van der Waals surface area contributed by atoms with E-state index in [0.717, 1.165) is 56.1 Å². The van der Waals surface area contributed by atoms with Gasteiger partial charge in [0.15, 0.2) is 0 Å². The molecule has 338 valence electrons. The van der Waals surface area contributed by atoms with Gasteiger partial charge >= 0.3 is 0 Å². The first-order valence-electron chi connectivity index (χ1n) is 25.0. The Morgan fingerprint density at radius 3 is 1.04 bits per heavy atom.